The molecule has 0 aliphatic carbocycles. The first kappa shape index (κ1) is 7.72. The topological polar surface area (TPSA) is 41.0 Å². The molecular weight excluding hydrogens is 138 g/mol. The van der Waals surface area contributed by atoms with Crippen molar-refractivity contribution in [2.45, 2.75) is 6.92 Å². The smallest absolute Gasteiger partial charge is 0.104 e. The summed E-state index contributed by atoms with van der Waals surface area (Å²) < 4.78 is 0. The van der Waals surface area contributed by atoms with Crippen LogP contribution < -0.4 is 0 Å². The molecule has 3 nitrogen and oxygen atoms in total. The van der Waals surface area contributed by atoms with Crippen molar-refractivity contribution in [2.24, 2.45) is 4.99 Å². The van der Waals surface area contributed by atoms with Gasteiger partial charge >= 0.3 is 0 Å². The normalized spacial score (nSPS) is 10.7. The highest BCUT2D eigenvalue weighted by Crippen LogP contribution is 2.03. The van der Waals surface area contributed by atoms with Crippen LogP contribution in [-0.2, 0) is 0 Å². The molecule has 0 aliphatic rings. The molecule has 1 aromatic heterocycles. The first-order valence-electron chi connectivity index (χ1n) is 3.39. The Labute approximate surface area is 65.9 Å². The van der Waals surface area contributed by atoms with Gasteiger partial charge in [0.2, 0.25) is 0 Å². The number of imidazole rings is 1. The van der Waals surface area contributed by atoms with E-state index in [0.29, 0.717) is 0 Å². The SMILES string of the molecule is C=Cc1nc(C)[nH]c1C=NC. The number of aliphatic imine (C=N–C) groups is 1. The molecule has 0 amide bonds. The summed E-state index contributed by atoms with van der Waals surface area (Å²) in [5.41, 5.74) is 1.77. The molecular formula is C8H11N3. The predicted octanol–water partition coefficient (Wildman–Crippen LogP) is 1.41. The molecule has 1 aromatic rings. The van der Waals surface area contributed by atoms with E-state index >= 15 is 0 Å². The summed E-state index contributed by atoms with van der Waals surface area (Å²) in [4.78, 5) is 11.1. The molecule has 11 heavy (non-hydrogen) atoms. The van der Waals surface area contributed by atoms with E-state index in [-0.39, 0.29) is 0 Å². The van der Waals surface area contributed by atoms with Crippen molar-refractivity contribution in [1.82, 2.24) is 9.97 Å². The Hall–Kier alpha value is -1.38. The minimum Gasteiger partial charge on any atom is -0.341 e. The molecule has 0 aromatic carbocycles. The Kier molecular flexibility index (Phi) is 2.21. The third-order valence-corrected chi connectivity index (χ3v) is 1.33. The van der Waals surface area contributed by atoms with Gasteiger partial charge < -0.3 is 4.98 Å². The van der Waals surface area contributed by atoms with Crippen LogP contribution in [0.25, 0.3) is 6.08 Å². The van der Waals surface area contributed by atoms with Gasteiger partial charge in [-0.15, -0.1) is 0 Å². The van der Waals surface area contributed by atoms with Crippen LogP contribution in [0.15, 0.2) is 11.6 Å². The van der Waals surface area contributed by atoms with Gasteiger partial charge in [-0.1, -0.05) is 6.58 Å². The van der Waals surface area contributed by atoms with Crippen molar-refractivity contribution in [2.75, 3.05) is 7.05 Å². The largest absolute Gasteiger partial charge is 0.341 e. The van der Waals surface area contributed by atoms with Crippen molar-refractivity contribution in [1.29, 1.82) is 0 Å². The summed E-state index contributed by atoms with van der Waals surface area (Å²) >= 11 is 0. The van der Waals surface area contributed by atoms with Crippen molar-refractivity contribution in [3.8, 4) is 0 Å². The summed E-state index contributed by atoms with van der Waals surface area (Å²) in [6, 6.07) is 0. The maximum absolute atomic E-state index is 4.18. The highest BCUT2D eigenvalue weighted by atomic mass is 14.9. The van der Waals surface area contributed by atoms with Gasteiger partial charge in [0, 0.05) is 13.3 Å². The van der Waals surface area contributed by atoms with Crippen LogP contribution in [0.5, 0.6) is 0 Å². The Morgan fingerprint density at radius 1 is 1.64 bits per heavy atom. The van der Waals surface area contributed by atoms with Gasteiger partial charge in [0.25, 0.3) is 0 Å². The van der Waals surface area contributed by atoms with Crippen molar-refractivity contribution < 1.29 is 0 Å². The van der Waals surface area contributed by atoms with E-state index in [2.05, 4.69) is 21.5 Å². The lowest BCUT2D eigenvalue weighted by Crippen LogP contribution is -1.83. The number of nitrogens with zero attached hydrogens (tertiary/aromatic N) is 2. The summed E-state index contributed by atoms with van der Waals surface area (Å²) in [5, 5.41) is 0. The molecule has 0 unspecified atom stereocenters. The van der Waals surface area contributed by atoms with E-state index in [1.807, 2.05) is 6.92 Å². The number of H-pyrrole nitrogens is 1. The standard InChI is InChI=1S/C8H11N3/c1-4-7-8(5-9-3)11-6(2)10-7/h4-5H,1H2,2-3H3,(H,10,11). The molecule has 0 radical (unpaired) electrons. The number of rotatable bonds is 2. The Morgan fingerprint density at radius 3 is 2.91 bits per heavy atom. The van der Waals surface area contributed by atoms with Gasteiger partial charge in [0.05, 0.1) is 11.4 Å². The monoisotopic (exact) mass is 149 g/mol. The van der Waals surface area contributed by atoms with Crippen molar-refractivity contribution in [3.63, 3.8) is 0 Å². The Morgan fingerprint density at radius 2 is 2.36 bits per heavy atom. The minimum absolute atomic E-state index is 0.855. The fourth-order valence-corrected chi connectivity index (χ4v) is 0.911. The summed E-state index contributed by atoms with van der Waals surface area (Å²) in [6.45, 7) is 5.55. The highest BCUT2D eigenvalue weighted by Gasteiger charge is 2.00. The van der Waals surface area contributed by atoms with Crippen molar-refractivity contribution in [3.05, 3.63) is 23.8 Å². The molecule has 1 N–H and O–H groups in total. The fourth-order valence-electron chi connectivity index (χ4n) is 0.911. The van der Waals surface area contributed by atoms with Crippen LogP contribution >= 0.6 is 0 Å². The van der Waals surface area contributed by atoms with Crippen molar-refractivity contribution >= 4 is 12.3 Å². The number of hydrogen-bond donors (Lipinski definition) is 1. The van der Waals surface area contributed by atoms with Crippen LogP contribution in [0.1, 0.15) is 17.2 Å². The summed E-state index contributed by atoms with van der Waals surface area (Å²) in [7, 11) is 1.73. The summed E-state index contributed by atoms with van der Waals surface area (Å²) in [5.74, 6) is 0.884. The number of aryl methyl sites for hydroxylation is 1. The van der Waals surface area contributed by atoms with Gasteiger partial charge in [-0.3, -0.25) is 4.99 Å². The van der Waals surface area contributed by atoms with E-state index in [4.69, 9.17) is 0 Å². The zero-order chi connectivity index (χ0) is 8.27. The average molecular weight is 149 g/mol. The molecule has 0 atom stereocenters. The maximum atomic E-state index is 4.18. The molecule has 0 fully saturated rings. The molecule has 0 bridgehead atoms. The Bertz CT molecular complexity index is 284. The van der Waals surface area contributed by atoms with Gasteiger partial charge in [0.15, 0.2) is 0 Å². The lowest BCUT2D eigenvalue weighted by atomic mass is 10.3. The lowest BCUT2D eigenvalue weighted by Gasteiger charge is -1.85. The van der Waals surface area contributed by atoms with Crippen LogP contribution in [0.2, 0.25) is 0 Å². The van der Waals surface area contributed by atoms with E-state index < -0.39 is 0 Å². The summed E-state index contributed by atoms with van der Waals surface area (Å²) in [6.07, 6.45) is 3.44. The molecule has 3 heteroatoms. The van der Waals surface area contributed by atoms with Crippen LogP contribution in [-0.4, -0.2) is 23.2 Å². The third-order valence-electron chi connectivity index (χ3n) is 1.33. The molecule has 0 saturated heterocycles. The van der Waals surface area contributed by atoms with E-state index in [1.165, 1.54) is 0 Å². The van der Waals surface area contributed by atoms with E-state index in [0.717, 1.165) is 17.2 Å². The maximum Gasteiger partial charge on any atom is 0.104 e. The average Bonchev–Trinajstić information content (AvgIpc) is 2.32. The van der Waals surface area contributed by atoms with Crippen LogP contribution in [0.3, 0.4) is 0 Å². The molecule has 58 valence electrons. The number of nitrogens with one attached hydrogen (secondary N) is 1. The Balaban J connectivity index is 3.11. The number of aromatic amines is 1. The molecule has 1 rings (SSSR count). The minimum atomic E-state index is 0.855. The zero-order valence-corrected chi connectivity index (χ0v) is 6.76. The first-order chi connectivity index (χ1) is 5.27. The van der Waals surface area contributed by atoms with Gasteiger partial charge in [-0.25, -0.2) is 4.98 Å². The highest BCUT2D eigenvalue weighted by molar-refractivity contribution is 5.81. The quantitative estimate of drug-likeness (QED) is 0.634. The second-order valence-electron chi connectivity index (χ2n) is 2.21. The second kappa shape index (κ2) is 3.14. The zero-order valence-electron chi connectivity index (χ0n) is 6.76. The molecule has 0 saturated carbocycles. The molecule has 1 heterocycles. The van der Waals surface area contributed by atoms with Gasteiger partial charge in [0.1, 0.15) is 5.82 Å². The van der Waals surface area contributed by atoms with Crippen LogP contribution in [0.4, 0.5) is 0 Å². The third kappa shape index (κ3) is 1.55. The molecule has 0 spiro atoms. The second-order valence-corrected chi connectivity index (χ2v) is 2.21. The number of hydrogen-bond acceptors (Lipinski definition) is 2. The fraction of sp³-hybridized carbons (Fsp3) is 0.250. The molecule has 0 aliphatic heterocycles. The van der Waals surface area contributed by atoms with Gasteiger partial charge in [-0.05, 0) is 13.0 Å². The van der Waals surface area contributed by atoms with E-state index in [9.17, 15) is 0 Å². The number of aromatic nitrogens is 2. The van der Waals surface area contributed by atoms with Gasteiger partial charge in [-0.2, -0.15) is 0 Å². The van der Waals surface area contributed by atoms with Crippen LogP contribution in [0, 0.1) is 6.92 Å². The predicted molar refractivity (Wildman–Crippen MR) is 46.9 cm³/mol. The lowest BCUT2D eigenvalue weighted by molar-refractivity contribution is 1.14. The van der Waals surface area contributed by atoms with E-state index in [1.54, 1.807) is 19.3 Å². The first-order valence-corrected chi connectivity index (χ1v) is 3.39.